The molecule has 0 aliphatic carbocycles. The molecule has 0 heterocycles. The maximum atomic E-state index is 12.0. The molecule has 0 radical (unpaired) electrons. The second kappa shape index (κ2) is 3.80. The Morgan fingerprint density at radius 3 is 1.30 bits per heavy atom. The average molecular weight is 156 g/mol. The van der Waals surface area contributed by atoms with Crippen LogP contribution >= 0.6 is 0 Å². The van der Waals surface area contributed by atoms with Gasteiger partial charge in [0, 0.05) is 21.3 Å². The van der Waals surface area contributed by atoms with E-state index in [9.17, 15) is 8.78 Å². The minimum absolute atomic E-state index is 1.08. The van der Waals surface area contributed by atoms with Gasteiger partial charge in [-0.1, -0.05) is 0 Å². The lowest BCUT2D eigenvalue weighted by Crippen LogP contribution is -2.43. The van der Waals surface area contributed by atoms with Gasteiger partial charge < -0.3 is 14.2 Å². The van der Waals surface area contributed by atoms with Gasteiger partial charge in [-0.25, -0.2) is 8.78 Å². The smallest absolute Gasteiger partial charge is 0.326 e. The van der Waals surface area contributed by atoms with Gasteiger partial charge in [-0.3, -0.25) is 0 Å². The fourth-order valence-corrected chi connectivity index (χ4v) is 0.517. The molecule has 0 saturated carbocycles. The third-order valence-electron chi connectivity index (χ3n) is 1.12. The highest BCUT2D eigenvalue weighted by Gasteiger charge is 2.41. The molecule has 0 aromatic carbocycles. The summed E-state index contributed by atoms with van der Waals surface area (Å²) in [7, 11) is 3.25. The molecule has 0 saturated heterocycles. The van der Waals surface area contributed by atoms with Crippen molar-refractivity contribution in [1.82, 2.24) is 0 Å². The fourth-order valence-electron chi connectivity index (χ4n) is 0.517. The van der Waals surface area contributed by atoms with Gasteiger partial charge in [-0.2, -0.15) is 0 Å². The van der Waals surface area contributed by atoms with Crippen LogP contribution in [-0.2, 0) is 14.2 Å². The van der Waals surface area contributed by atoms with Gasteiger partial charge in [0.1, 0.15) is 0 Å². The fraction of sp³-hybridized carbons (Fsp3) is 1.00. The molecule has 0 atom stereocenters. The zero-order valence-electron chi connectivity index (χ0n) is 6.06. The van der Waals surface area contributed by atoms with Gasteiger partial charge in [0.2, 0.25) is 0 Å². The van der Waals surface area contributed by atoms with E-state index in [1.165, 1.54) is 0 Å². The Kier molecular flexibility index (Phi) is 3.70. The van der Waals surface area contributed by atoms with Crippen molar-refractivity contribution in [3.05, 3.63) is 0 Å². The highest BCUT2D eigenvalue weighted by atomic mass is 19.3. The van der Waals surface area contributed by atoms with Crippen molar-refractivity contribution >= 4 is 0 Å². The number of methoxy groups -OCH3 is 3. The molecule has 0 unspecified atom stereocenters. The number of alkyl halides is 2. The molecule has 3 nitrogen and oxygen atoms in total. The van der Waals surface area contributed by atoms with E-state index >= 15 is 0 Å². The Morgan fingerprint density at radius 1 is 1.00 bits per heavy atom. The Labute approximate surface area is 57.9 Å². The van der Waals surface area contributed by atoms with Crippen LogP contribution in [0.3, 0.4) is 0 Å². The highest BCUT2D eigenvalue weighted by molar-refractivity contribution is 4.56. The summed E-state index contributed by atoms with van der Waals surface area (Å²) in [5.74, 6) is -2.21. The predicted octanol–water partition coefficient (Wildman–Crippen LogP) is 0.845. The first-order valence-corrected chi connectivity index (χ1v) is 2.56. The summed E-state index contributed by atoms with van der Waals surface area (Å²) in [5, 5.41) is 0. The normalized spacial score (nSPS) is 12.6. The third-order valence-corrected chi connectivity index (χ3v) is 1.12. The van der Waals surface area contributed by atoms with Crippen LogP contribution in [0.15, 0.2) is 0 Å². The monoisotopic (exact) mass is 156 g/mol. The Bertz CT molecular complexity index is 84.6. The second-order valence-corrected chi connectivity index (χ2v) is 1.52. The van der Waals surface area contributed by atoms with Crippen LogP contribution in [0.25, 0.3) is 0 Å². The molecule has 0 aliphatic heterocycles. The van der Waals surface area contributed by atoms with Crippen LogP contribution < -0.4 is 0 Å². The van der Waals surface area contributed by atoms with E-state index in [0.717, 1.165) is 21.3 Å². The Hall–Kier alpha value is -0.260. The van der Waals surface area contributed by atoms with Crippen molar-refractivity contribution in [3.8, 4) is 0 Å². The number of hydrogen-bond acceptors (Lipinski definition) is 3. The minimum atomic E-state index is -2.83. The standard InChI is InChI=1S/C5H10F2O3/c1-8-5(9-2,10-3)4(6)7/h4H,1-3H3. The van der Waals surface area contributed by atoms with E-state index in [1.807, 2.05) is 0 Å². The van der Waals surface area contributed by atoms with E-state index in [2.05, 4.69) is 14.2 Å². The van der Waals surface area contributed by atoms with Crippen molar-refractivity contribution in [2.75, 3.05) is 21.3 Å². The molecule has 10 heavy (non-hydrogen) atoms. The summed E-state index contributed by atoms with van der Waals surface area (Å²) in [6, 6.07) is 0. The van der Waals surface area contributed by atoms with Crippen LogP contribution in [0.5, 0.6) is 0 Å². The van der Waals surface area contributed by atoms with Gasteiger partial charge in [0.05, 0.1) is 0 Å². The summed E-state index contributed by atoms with van der Waals surface area (Å²) < 4.78 is 36.9. The molecule has 0 rings (SSSR count). The summed E-state index contributed by atoms with van der Waals surface area (Å²) >= 11 is 0. The average Bonchev–Trinajstić information content (AvgIpc) is 1.92. The van der Waals surface area contributed by atoms with Crippen molar-refractivity contribution in [2.45, 2.75) is 12.4 Å². The Balaban J connectivity index is 4.15. The summed E-state index contributed by atoms with van der Waals surface area (Å²) in [5.41, 5.74) is 0. The van der Waals surface area contributed by atoms with E-state index in [1.54, 1.807) is 0 Å². The van der Waals surface area contributed by atoms with Crippen molar-refractivity contribution < 1.29 is 23.0 Å². The molecule has 0 aliphatic rings. The number of halogens is 2. The molecule has 0 N–H and O–H groups in total. The third kappa shape index (κ3) is 1.62. The van der Waals surface area contributed by atoms with E-state index in [4.69, 9.17) is 0 Å². The lowest BCUT2D eigenvalue weighted by molar-refractivity contribution is -0.397. The van der Waals surface area contributed by atoms with Gasteiger partial charge >= 0.3 is 12.4 Å². The summed E-state index contributed by atoms with van der Waals surface area (Å²) in [6.07, 6.45) is -2.83. The van der Waals surface area contributed by atoms with Gasteiger partial charge in [-0.05, 0) is 0 Å². The molecular formula is C5H10F2O3. The van der Waals surface area contributed by atoms with Gasteiger partial charge in [0.25, 0.3) is 0 Å². The van der Waals surface area contributed by atoms with Crippen molar-refractivity contribution in [3.63, 3.8) is 0 Å². The molecule has 0 aromatic rings. The zero-order chi connectivity index (χ0) is 8.20. The molecule has 5 heteroatoms. The van der Waals surface area contributed by atoms with Crippen molar-refractivity contribution in [2.24, 2.45) is 0 Å². The number of rotatable bonds is 4. The SMILES string of the molecule is COC(OC)(OC)C(F)F. The first kappa shape index (κ1) is 9.74. The molecule has 0 amide bonds. The second-order valence-electron chi connectivity index (χ2n) is 1.52. The van der Waals surface area contributed by atoms with E-state index in [-0.39, 0.29) is 0 Å². The predicted molar refractivity (Wildman–Crippen MR) is 29.8 cm³/mol. The van der Waals surface area contributed by atoms with Crippen LogP contribution in [0, 0.1) is 0 Å². The molecule has 0 bridgehead atoms. The minimum Gasteiger partial charge on any atom is -0.326 e. The molecule has 0 spiro atoms. The van der Waals surface area contributed by atoms with E-state index < -0.39 is 12.4 Å². The molecule has 0 fully saturated rings. The van der Waals surface area contributed by atoms with Crippen LogP contribution in [0.1, 0.15) is 0 Å². The van der Waals surface area contributed by atoms with Gasteiger partial charge in [-0.15, -0.1) is 0 Å². The quantitative estimate of drug-likeness (QED) is 0.564. The highest BCUT2D eigenvalue weighted by Crippen LogP contribution is 2.20. The first-order valence-electron chi connectivity index (χ1n) is 2.56. The maximum Gasteiger partial charge on any atom is 0.346 e. The Morgan fingerprint density at radius 2 is 1.30 bits per heavy atom. The zero-order valence-corrected chi connectivity index (χ0v) is 6.06. The molecule has 62 valence electrons. The number of ether oxygens (including phenoxy) is 3. The lowest BCUT2D eigenvalue weighted by Gasteiger charge is -2.26. The number of hydrogen-bond donors (Lipinski definition) is 0. The first-order chi connectivity index (χ1) is 4.63. The van der Waals surface area contributed by atoms with Gasteiger partial charge in [0.15, 0.2) is 0 Å². The maximum absolute atomic E-state index is 12.0. The largest absolute Gasteiger partial charge is 0.346 e. The van der Waals surface area contributed by atoms with Crippen LogP contribution in [-0.4, -0.2) is 33.7 Å². The molecule has 0 aromatic heterocycles. The van der Waals surface area contributed by atoms with Crippen molar-refractivity contribution in [1.29, 1.82) is 0 Å². The lowest BCUT2D eigenvalue weighted by atomic mass is 10.6. The topological polar surface area (TPSA) is 27.7 Å². The van der Waals surface area contributed by atoms with Crippen LogP contribution in [0.4, 0.5) is 8.78 Å². The van der Waals surface area contributed by atoms with Crippen LogP contribution in [0.2, 0.25) is 0 Å². The summed E-state index contributed by atoms with van der Waals surface area (Å²) in [4.78, 5) is 0. The molecular weight excluding hydrogens is 146 g/mol. The summed E-state index contributed by atoms with van der Waals surface area (Å²) in [6.45, 7) is 0. The van der Waals surface area contributed by atoms with E-state index in [0.29, 0.717) is 0 Å².